The molecule has 1 unspecified atom stereocenters. The van der Waals surface area contributed by atoms with E-state index in [0.29, 0.717) is 53.9 Å². The summed E-state index contributed by atoms with van der Waals surface area (Å²) in [5.74, 6) is 1.68. The molecule has 0 bridgehead atoms. The van der Waals surface area contributed by atoms with E-state index in [-0.39, 0.29) is 12.2 Å². The highest BCUT2D eigenvalue weighted by molar-refractivity contribution is 7.17. The van der Waals surface area contributed by atoms with E-state index in [1.807, 2.05) is 60.0 Å². The molecule has 0 radical (unpaired) electrons. The number of thiophene rings is 1. The Morgan fingerprint density at radius 3 is 2.53 bits per heavy atom. The van der Waals surface area contributed by atoms with Crippen molar-refractivity contribution in [2.24, 2.45) is 5.92 Å². The van der Waals surface area contributed by atoms with Crippen LogP contribution in [0.1, 0.15) is 25.2 Å². The third-order valence-corrected chi connectivity index (χ3v) is 6.62. The molecule has 1 atom stereocenters. The Balaban J connectivity index is 1.58. The second-order valence-electron chi connectivity index (χ2n) is 9.28. The maximum atomic E-state index is 13.2. The first-order chi connectivity index (χ1) is 17.4. The summed E-state index contributed by atoms with van der Waals surface area (Å²) in [6, 6.07) is 17.7. The summed E-state index contributed by atoms with van der Waals surface area (Å²) < 4.78 is 11.1. The van der Waals surface area contributed by atoms with Gasteiger partial charge in [0.05, 0.1) is 31.8 Å². The maximum absolute atomic E-state index is 13.2. The minimum absolute atomic E-state index is 0.183. The van der Waals surface area contributed by atoms with Gasteiger partial charge in [-0.1, -0.05) is 62.4 Å². The van der Waals surface area contributed by atoms with Crippen molar-refractivity contribution >= 4 is 21.6 Å². The van der Waals surface area contributed by atoms with Crippen molar-refractivity contribution in [3.05, 3.63) is 81.7 Å². The molecule has 0 amide bonds. The van der Waals surface area contributed by atoms with Crippen LogP contribution in [0, 0.1) is 5.92 Å². The van der Waals surface area contributed by atoms with E-state index < -0.39 is 6.10 Å². The lowest BCUT2D eigenvalue weighted by molar-refractivity contribution is 0.00517. The number of hydrogen-bond acceptors (Lipinski definition) is 7. The summed E-state index contributed by atoms with van der Waals surface area (Å²) in [4.78, 5) is 23.7. The molecule has 36 heavy (non-hydrogen) atoms. The maximum Gasteiger partial charge on any atom is 0.260 e. The standard InChI is InChI=1S/C28H33N3O4S/c1-19(2)16-35-17-21(32)14-31(13-20-9-5-4-6-10-20)15-25-29-27(33)26-23(18-36-28(26)30-25)22-11-7-8-12-24(22)34-3/h4-12,18-19,21,32H,13-17H2,1-3H3,(H,29,30,33). The van der Waals surface area contributed by atoms with Crippen LogP contribution in [0.15, 0.2) is 64.8 Å². The number of aliphatic hydroxyl groups is 1. The number of benzene rings is 2. The van der Waals surface area contributed by atoms with E-state index >= 15 is 0 Å². The third kappa shape index (κ3) is 6.59. The fraction of sp³-hybridized carbons (Fsp3) is 0.357. The lowest BCUT2D eigenvalue weighted by Gasteiger charge is -2.25. The zero-order valence-corrected chi connectivity index (χ0v) is 21.8. The molecule has 0 aliphatic rings. The monoisotopic (exact) mass is 507 g/mol. The quantitative estimate of drug-likeness (QED) is 0.289. The Labute approximate surface area is 215 Å². The van der Waals surface area contributed by atoms with Gasteiger partial charge >= 0.3 is 0 Å². The number of para-hydroxylation sites is 1. The zero-order chi connectivity index (χ0) is 25.5. The van der Waals surface area contributed by atoms with Crippen LogP contribution < -0.4 is 10.3 Å². The second-order valence-corrected chi connectivity index (χ2v) is 10.1. The first-order valence-electron chi connectivity index (χ1n) is 12.1. The number of ether oxygens (including phenoxy) is 2. The van der Waals surface area contributed by atoms with Crippen LogP contribution in [-0.4, -0.2) is 52.9 Å². The molecule has 8 heteroatoms. The molecule has 190 valence electrons. The van der Waals surface area contributed by atoms with Crippen molar-refractivity contribution < 1.29 is 14.6 Å². The molecule has 2 N–H and O–H groups in total. The number of aromatic nitrogens is 2. The Hall–Kier alpha value is -3.04. The van der Waals surface area contributed by atoms with Gasteiger partial charge in [0, 0.05) is 36.2 Å². The van der Waals surface area contributed by atoms with Crippen LogP contribution in [0.5, 0.6) is 5.75 Å². The van der Waals surface area contributed by atoms with Crippen LogP contribution in [0.4, 0.5) is 0 Å². The molecule has 2 heterocycles. The summed E-state index contributed by atoms with van der Waals surface area (Å²) in [7, 11) is 1.62. The Kier molecular flexibility index (Phi) is 8.88. The second kappa shape index (κ2) is 12.3. The number of fused-ring (bicyclic) bond motifs is 1. The topological polar surface area (TPSA) is 87.7 Å². The van der Waals surface area contributed by atoms with E-state index in [9.17, 15) is 9.90 Å². The zero-order valence-electron chi connectivity index (χ0n) is 20.9. The molecule has 0 saturated heterocycles. The Morgan fingerprint density at radius 2 is 1.78 bits per heavy atom. The normalized spacial score (nSPS) is 12.5. The predicted octanol–water partition coefficient (Wildman–Crippen LogP) is 4.70. The van der Waals surface area contributed by atoms with Crippen molar-refractivity contribution in [2.45, 2.75) is 33.0 Å². The van der Waals surface area contributed by atoms with Gasteiger partial charge in [-0.05, 0) is 17.5 Å². The number of H-pyrrole nitrogens is 1. The van der Waals surface area contributed by atoms with Gasteiger partial charge in [0.2, 0.25) is 0 Å². The van der Waals surface area contributed by atoms with Gasteiger partial charge < -0.3 is 19.6 Å². The average molecular weight is 508 g/mol. The molecule has 0 saturated carbocycles. The molecule has 0 fully saturated rings. The highest BCUT2D eigenvalue weighted by Gasteiger charge is 2.18. The van der Waals surface area contributed by atoms with Gasteiger partial charge in [-0.2, -0.15) is 0 Å². The van der Waals surface area contributed by atoms with Crippen molar-refractivity contribution in [2.75, 3.05) is 26.9 Å². The summed E-state index contributed by atoms with van der Waals surface area (Å²) in [5, 5.41) is 13.1. The van der Waals surface area contributed by atoms with Gasteiger partial charge in [-0.3, -0.25) is 9.69 Å². The van der Waals surface area contributed by atoms with Crippen LogP contribution in [-0.2, 0) is 17.8 Å². The minimum Gasteiger partial charge on any atom is -0.496 e. The van der Waals surface area contributed by atoms with Crippen LogP contribution >= 0.6 is 11.3 Å². The molecule has 0 aliphatic carbocycles. The van der Waals surface area contributed by atoms with Crippen molar-refractivity contribution in [1.29, 1.82) is 0 Å². The van der Waals surface area contributed by atoms with E-state index in [1.165, 1.54) is 11.3 Å². The summed E-state index contributed by atoms with van der Waals surface area (Å²) in [5.41, 5.74) is 2.61. The molecule has 7 nitrogen and oxygen atoms in total. The smallest absolute Gasteiger partial charge is 0.260 e. The molecule has 4 aromatic rings. The van der Waals surface area contributed by atoms with E-state index in [1.54, 1.807) is 7.11 Å². The van der Waals surface area contributed by atoms with Gasteiger partial charge in [0.15, 0.2) is 0 Å². The molecular weight excluding hydrogens is 474 g/mol. The van der Waals surface area contributed by atoms with Gasteiger partial charge in [-0.15, -0.1) is 11.3 Å². The van der Waals surface area contributed by atoms with E-state index in [4.69, 9.17) is 14.5 Å². The molecule has 2 aromatic heterocycles. The molecule has 2 aromatic carbocycles. The number of rotatable bonds is 12. The number of nitrogens with one attached hydrogen (secondary N) is 1. The molecule has 0 aliphatic heterocycles. The minimum atomic E-state index is -0.651. The van der Waals surface area contributed by atoms with Gasteiger partial charge in [0.1, 0.15) is 16.4 Å². The SMILES string of the molecule is COc1ccccc1-c1csc2nc(CN(Cc3ccccc3)CC(O)COCC(C)C)[nH]c(=O)c12. The molecule has 4 rings (SSSR count). The first kappa shape index (κ1) is 26.0. The fourth-order valence-corrected chi connectivity index (χ4v) is 5.12. The third-order valence-electron chi connectivity index (χ3n) is 5.74. The molecule has 0 spiro atoms. The van der Waals surface area contributed by atoms with Gasteiger partial charge in [-0.25, -0.2) is 4.98 Å². The lowest BCUT2D eigenvalue weighted by atomic mass is 10.1. The van der Waals surface area contributed by atoms with E-state index in [2.05, 4.69) is 23.7 Å². The van der Waals surface area contributed by atoms with Crippen LogP contribution in [0.25, 0.3) is 21.3 Å². The van der Waals surface area contributed by atoms with Crippen molar-refractivity contribution in [3.8, 4) is 16.9 Å². The van der Waals surface area contributed by atoms with Crippen LogP contribution in [0.2, 0.25) is 0 Å². The number of nitrogens with zero attached hydrogens (tertiary/aromatic N) is 2. The van der Waals surface area contributed by atoms with Crippen LogP contribution in [0.3, 0.4) is 0 Å². The lowest BCUT2D eigenvalue weighted by Crippen LogP contribution is -2.35. The van der Waals surface area contributed by atoms with E-state index in [0.717, 1.165) is 16.7 Å². The average Bonchev–Trinajstić information content (AvgIpc) is 3.28. The molecular formula is C28H33N3O4S. The number of methoxy groups -OCH3 is 1. The number of hydrogen-bond donors (Lipinski definition) is 2. The Bertz CT molecular complexity index is 1320. The first-order valence-corrected chi connectivity index (χ1v) is 13.0. The largest absolute Gasteiger partial charge is 0.496 e. The Morgan fingerprint density at radius 1 is 1.03 bits per heavy atom. The highest BCUT2D eigenvalue weighted by atomic mass is 32.1. The number of aromatic amines is 1. The summed E-state index contributed by atoms with van der Waals surface area (Å²) >= 11 is 1.44. The predicted molar refractivity (Wildman–Crippen MR) is 144 cm³/mol. The van der Waals surface area contributed by atoms with Gasteiger partial charge in [0.25, 0.3) is 5.56 Å². The number of aliphatic hydroxyl groups excluding tert-OH is 1. The van der Waals surface area contributed by atoms with Crippen molar-refractivity contribution in [1.82, 2.24) is 14.9 Å². The summed E-state index contributed by atoms with van der Waals surface area (Å²) in [6.07, 6.45) is -0.651. The highest BCUT2D eigenvalue weighted by Crippen LogP contribution is 2.36. The fourth-order valence-electron chi connectivity index (χ4n) is 4.16. The van der Waals surface area contributed by atoms with Crippen molar-refractivity contribution in [3.63, 3.8) is 0 Å². The summed E-state index contributed by atoms with van der Waals surface area (Å²) in [6.45, 7) is 6.43.